The van der Waals surface area contributed by atoms with E-state index in [-0.39, 0.29) is 6.29 Å². The molecule has 0 heterocycles. The van der Waals surface area contributed by atoms with E-state index in [1.807, 2.05) is 6.92 Å². The first-order valence-corrected chi connectivity index (χ1v) is 9.94. The lowest BCUT2D eigenvalue weighted by Gasteiger charge is -2.10. The molecule has 0 rings (SSSR count). The second kappa shape index (κ2) is 20.4. The normalized spacial score (nSPS) is 12.2. The molecule has 4 heteroatoms. The summed E-state index contributed by atoms with van der Waals surface area (Å²) in [5.74, 6) is 0. The van der Waals surface area contributed by atoms with E-state index in [9.17, 15) is 4.79 Å². The van der Waals surface area contributed by atoms with Gasteiger partial charge in [-0.25, -0.2) is 4.79 Å². The van der Waals surface area contributed by atoms with Crippen LogP contribution in [0.4, 0.5) is 0 Å². The molecular formula is C20H39O4. The monoisotopic (exact) mass is 343 g/mol. The van der Waals surface area contributed by atoms with E-state index in [2.05, 4.69) is 4.74 Å². The zero-order valence-corrected chi connectivity index (χ0v) is 16.0. The van der Waals surface area contributed by atoms with Crippen LogP contribution in [0.1, 0.15) is 96.8 Å². The van der Waals surface area contributed by atoms with Crippen molar-refractivity contribution in [3.05, 3.63) is 0 Å². The average molecular weight is 344 g/mol. The molecule has 0 aliphatic carbocycles. The number of unbranched alkanes of at least 4 members (excludes halogenated alkanes) is 13. The zero-order chi connectivity index (χ0) is 17.7. The van der Waals surface area contributed by atoms with Crippen LogP contribution < -0.4 is 0 Å². The molecular weight excluding hydrogens is 304 g/mol. The highest BCUT2D eigenvalue weighted by molar-refractivity contribution is 5.37. The second-order valence-corrected chi connectivity index (χ2v) is 6.56. The van der Waals surface area contributed by atoms with Crippen LogP contribution in [0.3, 0.4) is 0 Å². The lowest BCUT2D eigenvalue weighted by molar-refractivity contribution is -0.111. The molecule has 0 N–H and O–H groups in total. The van der Waals surface area contributed by atoms with Gasteiger partial charge in [0.05, 0.1) is 6.61 Å². The smallest absolute Gasteiger partial charge is 0.417 e. The lowest BCUT2D eigenvalue weighted by Crippen LogP contribution is -2.10. The molecule has 0 aliphatic heterocycles. The highest BCUT2D eigenvalue weighted by Crippen LogP contribution is 2.13. The summed E-state index contributed by atoms with van der Waals surface area (Å²) in [6.07, 6.45) is 18.0. The SMILES string of the molecule is COC(C)OCCCCCCCCCCCCCCCCO[C]=O. The van der Waals surface area contributed by atoms with Crippen molar-refractivity contribution in [2.24, 2.45) is 0 Å². The molecule has 0 aromatic rings. The Bertz CT molecular complexity index is 246. The quantitative estimate of drug-likeness (QED) is 0.215. The van der Waals surface area contributed by atoms with Crippen LogP contribution in [-0.4, -0.2) is 33.1 Å². The molecule has 143 valence electrons. The third kappa shape index (κ3) is 19.4. The number of hydrogen-bond acceptors (Lipinski definition) is 4. The van der Waals surface area contributed by atoms with Crippen molar-refractivity contribution < 1.29 is 19.0 Å². The van der Waals surface area contributed by atoms with Gasteiger partial charge in [-0.2, -0.15) is 0 Å². The van der Waals surface area contributed by atoms with Gasteiger partial charge in [-0.3, -0.25) is 0 Å². The number of ether oxygens (including phenoxy) is 3. The van der Waals surface area contributed by atoms with Gasteiger partial charge in [0.15, 0.2) is 6.29 Å². The molecule has 24 heavy (non-hydrogen) atoms. The minimum atomic E-state index is -0.0693. The van der Waals surface area contributed by atoms with Crippen LogP contribution in [-0.2, 0) is 19.0 Å². The molecule has 1 unspecified atom stereocenters. The molecule has 4 nitrogen and oxygen atoms in total. The van der Waals surface area contributed by atoms with Gasteiger partial charge in [0.2, 0.25) is 0 Å². The highest BCUT2D eigenvalue weighted by Gasteiger charge is 1.98. The molecule has 0 bridgehead atoms. The van der Waals surface area contributed by atoms with Crippen molar-refractivity contribution >= 4 is 6.47 Å². The predicted molar refractivity (Wildman–Crippen MR) is 98.7 cm³/mol. The molecule has 0 saturated carbocycles. The van der Waals surface area contributed by atoms with Gasteiger partial charge in [0.1, 0.15) is 0 Å². The second-order valence-electron chi connectivity index (χ2n) is 6.56. The fourth-order valence-electron chi connectivity index (χ4n) is 2.76. The van der Waals surface area contributed by atoms with Crippen LogP contribution in [0.2, 0.25) is 0 Å². The summed E-state index contributed by atoms with van der Waals surface area (Å²) in [5.41, 5.74) is 0. The van der Waals surface area contributed by atoms with E-state index in [4.69, 9.17) is 9.47 Å². The summed E-state index contributed by atoms with van der Waals surface area (Å²) < 4.78 is 15.1. The zero-order valence-electron chi connectivity index (χ0n) is 16.0. The Balaban J connectivity index is 2.99. The summed E-state index contributed by atoms with van der Waals surface area (Å²) in [4.78, 5) is 9.84. The fourth-order valence-corrected chi connectivity index (χ4v) is 2.76. The van der Waals surface area contributed by atoms with Gasteiger partial charge >= 0.3 is 6.47 Å². The molecule has 0 amide bonds. The third-order valence-corrected chi connectivity index (χ3v) is 4.38. The Morgan fingerprint density at radius 3 is 1.42 bits per heavy atom. The molecule has 1 atom stereocenters. The Morgan fingerprint density at radius 1 is 0.667 bits per heavy atom. The largest absolute Gasteiger partial charge is 0.457 e. The molecule has 0 fully saturated rings. The van der Waals surface area contributed by atoms with Crippen molar-refractivity contribution in [3.63, 3.8) is 0 Å². The molecule has 1 radical (unpaired) electrons. The van der Waals surface area contributed by atoms with E-state index in [1.165, 1.54) is 77.1 Å². The van der Waals surface area contributed by atoms with Crippen molar-refractivity contribution in [2.75, 3.05) is 20.3 Å². The molecule has 0 saturated heterocycles. The molecule has 0 aromatic heterocycles. The highest BCUT2D eigenvalue weighted by atomic mass is 16.7. The minimum Gasteiger partial charge on any atom is -0.457 e. The van der Waals surface area contributed by atoms with Gasteiger partial charge in [-0.05, 0) is 19.8 Å². The molecule has 0 aromatic carbocycles. The Morgan fingerprint density at radius 2 is 1.04 bits per heavy atom. The van der Waals surface area contributed by atoms with Gasteiger partial charge in [-0.15, -0.1) is 0 Å². The molecule has 0 spiro atoms. The lowest BCUT2D eigenvalue weighted by atomic mass is 10.0. The number of hydrogen-bond donors (Lipinski definition) is 0. The summed E-state index contributed by atoms with van der Waals surface area (Å²) in [6.45, 7) is 4.75. The Labute approximate surface area is 149 Å². The van der Waals surface area contributed by atoms with Crippen molar-refractivity contribution in [1.29, 1.82) is 0 Å². The van der Waals surface area contributed by atoms with Gasteiger partial charge in [0.25, 0.3) is 0 Å². The first kappa shape index (κ1) is 23.4. The Kier molecular flexibility index (Phi) is 19.9. The summed E-state index contributed by atoms with van der Waals surface area (Å²) in [7, 11) is 1.68. The fraction of sp³-hybridized carbons (Fsp3) is 0.950. The van der Waals surface area contributed by atoms with Crippen LogP contribution >= 0.6 is 0 Å². The summed E-state index contributed by atoms with van der Waals surface area (Å²) in [6, 6.07) is 0. The van der Waals surface area contributed by atoms with E-state index >= 15 is 0 Å². The topological polar surface area (TPSA) is 44.8 Å². The first-order valence-electron chi connectivity index (χ1n) is 9.94. The van der Waals surface area contributed by atoms with Crippen LogP contribution in [0.5, 0.6) is 0 Å². The van der Waals surface area contributed by atoms with Gasteiger partial charge in [0, 0.05) is 13.7 Å². The van der Waals surface area contributed by atoms with Crippen molar-refractivity contribution in [1.82, 2.24) is 0 Å². The number of rotatable bonds is 20. The van der Waals surface area contributed by atoms with Crippen LogP contribution in [0.25, 0.3) is 0 Å². The average Bonchev–Trinajstić information content (AvgIpc) is 2.60. The summed E-state index contributed by atoms with van der Waals surface area (Å²) in [5, 5.41) is 0. The van der Waals surface area contributed by atoms with E-state index in [0.717, 1.165) is 25.9 Å². The van der Waals surface area contributed by atoms with E-state index in [1.54, 1.807) is 7.11 Å². The van der Waals surface area contributed by atoms with Crippen LogP contribution in [0, 0.1) is 0 Å². The first-order chi connectivity index (χ1) is 11.8. The van der Waals surface area contributed by atoms with Crippen LogP contribution in [0.15, 0.2) is 0 Å². The molecule has 0 aliphatic rings. The third-order valence-electron chi connectivity index (χ3n) is 4.38. The predicted octanol–water partition coefficient (Wildman–Crippen LogP) is 5.54. The summed E-state index contributed by atoms with van der Waals surface area (Å²) >= 11 is 0. The minimum absolute atomic E-state index is 0.0693. The Hall–Kier alpha value is -0.610. The standard InChI is InChI=1S/C20H39O4/c1-20(22-2)24-18-16-14-12-10-8-6-4-3-5-7-9-11-13-15-17-23-19-21/h20H,3-18H2,1-2H3. The van der Waals surface area contributed by atoms with Crippen molar-refractivity contribution in [3.8, 4) is 0 Å². The van der Waals surface area contributed by atoms with E-state index in [0.29, 0.717) is 6.61 Å². The maximum Gasteiger partial charge on any atom is 0.417 e. The van der Waals surface area contributed by atoms with Crippen molar-refractivity contribution in [2.45, 2.75) is 103 Å². The maximum absolute atomic E-state index is 9.84. The number of methoxy groups -OCH3 is 1. The van der Waals surface area contributed by atoms with Gasteiger partial charge in [-0.1, -0.05) is 77.0 Å². The van der Waals surface area contributed by atoms with E-state index < -0.39 is 0 Å². The van der Waals surface area contributed by atoms with Gasteiger partial charge < -0.3 is 14.2 Å². The maximum atomic E-state index is 9.84. The number of carbonyl (C=O) groups excluding carboxylic acids is 1.